The zero-order valence-corrected chi connectivity index (χ0v) is 33.5. The number of carbonyl (C=O) groups is 1. The van der Waals surface area contributed by atoms with Gasteiger partial charge in [0.25, 0.3) is 0 Å². The first-order valence-corrected chi connectivity index (χ1v) is 22.4. The van der Waals surface area contributed by atoms with E-state index in [1.165, 1.54) is 199 Å². The van der Waals surface area contributed by atoms with Gasteiger partial charge in [-0.2, -0.15) is 0 Å². The Morgan fingerprint density at radius 3 is 1.12 bits per heavy atom. The second-order valence-corrected chi connectivity index (χ2v) is 15.5. The molecule has 0 saturated heterocycles. The van der Waals surface area contributed by atoms with E-state index >= 15 is 0 Å². The van der Waals surface area contributed by atoms with E-state index in [0.717, 1.165) is 25.7 Å². The van der Waals surface area contributed by atoms with Crippen LogP contribution in [0.4, 0.5) is 0 Å². The Morgan fingerprint density at radius 1 is 0.469 bits per heavy atom. The number of unbranched alkanes of at least 4 members (excludes halogenated alkanes) is 32. The highest BCUT2D eigenvalue weighted by Crippen LogP contribution is 2.16. The lowest BCUT2D eigenvalue weighted by Crippen LogP contribution is -2.45. The highest BCUT2D eigenvalue weighted by Gasteiger charge is 2.20. The summed E-state index contributed by atoms with van der Waals surface area (Å²) >= 11 is 0. The predicted octanol–water partition coefficient (Wildman–Crippen LogP) is 13.9. The van der Waals surface area contributed by atoms with Crippen molar-refractivity contribution in [1.29, 1.82) is 0 Å². The molecular formula is C45H89NO3. The molecule has 4 heteroatoms. The molecule has 4 nitrogen and oxygen atoms in total. The smallest absolute Gasteiger partial charge is 0.220 e. The molecule has 0 radical (unpaired) electrons. The van der Waals surface area contributed by atoms with Crippen molar-refractivity contribution >= 4 is 5.91 Å². The van der Waals surface area contributed by atoms with Crippen molar-refractivity contribution in [2.75, 3.05) is 6.61 Å². The maximum Gasteiger partial charge on any atom is 0.220 e. The van der Waals surface area contributed by atoms with Crippen molar-refractivity contribution in [2.24, 2.45) is 0 Å². The first kappa shape index (κ1) is 48.1. The number of nitrogens with one attached hydrogen (secondary N) is 1. The average molecular weight is 692 g/mol. The zero-order valence-electron chi connectivity index (χ0n) is 33.5. The van der Waals surface area contributed by atoms with Crippen molar-refractivity contribution in [2.45, 2.75) is 264 Å². The molecule has 0 fully saturated rings. The third-order valence-corrected chi connectivity index (χ3v) is 10.5. The maximum absolute atomic E-state index is 12.4. The van der Waals surface area contributed by atoms with Gasteiger partial charge < -0.3 is 15.5 Å². The van der Waals surface area contributed by atoms with Gasteiger partial charge in [0.05, 0.1) is 18.8 Å². The van der Waals surface area contributed by atoms with Crippen LogP contribution >= 0.6 is 0 Å². The predicted molar refractivity (Wildman–Crippen MR) is 216 cm³/mol. The highest BCUT2D eigenvalue weighted by molar-refractivity contribution is 5.76. The number of allylic oxidation sites excluding steroid dienone is 2. The monoisotopic (exact) mass is 692 g/mol. The van der Waals surface area contributed by atoms with Gasteiger partial charge in [-0.3, -0.25) is 4.79 Å². The van der Waals surface area contributed by atoms with Crippen molar-refractivity contribution in [1.82, 2.24) is 5.32 Å². The fourth-order valence-corrected chi connectivity index (χ4v) is 7.06. The fraction of sp³-hybridized carbons (Fsp3) is 0.933. The van der Waals surface area contributed by atoms with E-state index < -0.39 is 12.1 Å². The molecule has 0 heterocycles. The Balaban J connectivity index is 3.50. The number of hydrogen-bond donors (Lipinski definition) is 3. The molecule has 1 amide bonds. The van der Waals surface area contributed by atoms with Crippen molar-refractivity contribution < 1.29 is 15.0 Å². The van der Waals surface area contributed by atoms with Gasteiger partial charge in [0, 0.05) is 6.42 Å². The molecule has 0 saturated carbocycles. The molecule has 0 rings (SSSR count). The van der Waals surface area contributed by atoms with Gasteiger partial charge in [0.2, 0.25) is 5.91 Å². The summed E-state index contributed by atoms with van der Waals surface area (Å²) in [6, 6.07) is -0.535. The van der Waals surface area contributed by atoms with Crippen LogP contribution in [-0.4, -0.2) is 34.9 Å². The summed E-state index contributed by atoms with van der Waals surface area (Å²) in [5, 5.41) is 23.2. The molecular weight excluding hydrogens is 602 g/mol. The van der Waals surface area contributed by atoms with E-state index in [4.69, 9.17) is 0 Å². The van der Waals surface area contributed by atoms with Gasteiger partial charge in [-0.05, 0) is 38.5 Å². The quantitative estimate of drug-likeness (QED) is 0.0441. The maximum atomic E-state index is 12.4. The van der Waals surface area contributed by atoms with Gasteiger partial charge >= 0.3 is 0 Å². The van der Waals surface area contributed by atoms with E-state index in [1.807, 2.05) is 0 Å². The van der Waals surface area contributed by atoms with Crippen molar-refractivity contribution in [3.63, 3.8) is 0 Å². The number of carbonyl (C=O) groups excluding carboxylic acids is 1. The number of aliphatic hydroxyl groups is 2. The molecule has 0 aromatic rings. The van der Waals surface area contributed by atoms with Crippen LogP contribution in [0, 0.1) is 0 Å². The first-order valence-electron chi connectivity index (χ1n) is 22.4. The SMILES string of the molecule is CCCCCCCCC/C=C\CCCCCCCCCC(=O)NC(CO)C(O)CCCCCCCCCCCCCCCCCCCCC. The molecule has 292 valence electrons. The summed E-state index contributed by atoms with van der Waals surface area (Å²) in [6.07, 6.45) is 51.4. The van der Waals surface area contributed by atoms with E-state index in [-0.39, 0.29) is 12.5 Å². The van der Waals surface area contributed by atoms with Crippen LogP contribution in [0.5, 0.6) is 0 Å². The number of rotatable bonds is 41. The molecule has 49 heavy (non-hydrogen) atoms. The summed E-state index contributed by atoms with van der Waals surface area (Å²) in [5.74, 6) is -0.0328. The first-order chi connectivity index (χ1) is 24.2. The topological polar surface area (TPSA) is 69.6 Å². The minimum absolute atomic E-state index is 0.0328. The second kappa shape index (κ2) is 41.5. The van der Waals surface area contributed by atoms with Crippen LogP contribution in [-0.2, 0) is 4.79 Å². The molecule has 0 aromatic heterocycles. The number of amides is 1. The summed E-state index contributed by atoms with van der Waals surface area (Å²) in [7, 11) is 0. The Morgan fingerprint density at radius 2 is 0.776 bits per heavy atom. The van der Waals surface area contributed by atoms with E-state index in [1.54, 1.807) is 0 Å². The Kier molecular flexibility index (Phi) is 40.8. The molecule has 0 aromatic carbocycles. The van der Waals surface area contributed by atoms with E-state index in [2.05, 4.69) is 31.3 Å². The van der Waals surface area contributed by atoms with Crippen LogP contribution in [0.1, 0.15) is 251 Å². The summed E-state index contributed by atoms with van der Waals surface area (Å²) < 4.78 is 0. The molecule has 0 aliphatic heterocycles. The summed E-state index contributed by atoms with van der Waals surface area (Å²) in [6.45, 7) is 4.37. The van der Waals surface area contributed by atoms with Gasteiger partial charge in [0.15, 0.2) is 0 Å². The lowest BCUT2D eigenvalue weighted by molar-refractivity contribution is -0.123. The Hall–Kier alpha value is -0.870. The second-order valence-electron chi connectivity index (χ2n) is 15.5. The minimum atomic E-state index is -0.657. The highest BCUT2D eigenvalue weighted by atomic mass is 16.3. The molecule has 0 aliphatic carbocycles. The van der Waals surface area contributed by atoms with Crippen LogP contribution < -0.4 is 5.32 Å². The van der Waals surface area contributed by atoms with E-state index in [0.29, 0.717) is 12.8 Å². The normalized spacial score (nSPS) is 13.0. The standard InChI is InChI=1S/C45H89NO3/c1-3-5-7-9-11-13-15-17-19-21-23-24-26-28-30-32-34-36-38-40-44(48)43(42-47)46-45(49)41-39-37-35-33-31-29-27-25-22-20-18-16-14-12-10-8-6-4-2/h20,22,43-44,47-48H,3-19,21,23-42H2,1-2H3,(H,46,49)/b22-20-. The molecule has 2 unspecified atom stereocenters. The van der Waals surface area contributed by atoms with Gasteiger partial charge in [-0.15, -0.1) is 0 Å². The van der Waals surface area contributed by atoms with Gasteiger partial charge in [-0.1, -0.05) is 219 Å². The van der Waals surface area contributed by atoms with Crippen LogP contribution in [0.3, 0.4) is 0 Å². The van der Waals surface area contributed by atoms with Crippen molar-refractivity contribution in [3.05, 3.63) is 12.2 Å². The third-order valence-electron chi connectivity index (χ3n) is 10.5. The average Bonchev–Trinajstić information content (AvgIpc) is 3.10. The Labute approximate surface area is 307 Å². The summed E-state index contributed by atoms with van der Waals surface area (Å²) in [5.41, 5.74) is 0. The lowest BCUT2D eigenvalue weighted by Gasteiger charge is -2.22. The van der Waals surface area contributed by atoms with Crippen LogP contribution in [0.25, 0.3) is 0 Å². The van der Waals surface area contributed by atoms with Crippen molar-refractivity contribution in [3.8, 4) is 0 Å². The van der Waals surface area contributed by atoms with E-state index in [9.17, 15) is 15.0 Å². The number of hydrogen-bond acceptors (Lipinski definition) is 3. The lowest BCUT2D eigenvalue weighted by atomic mass is 10.0. The van der Waals surface area contributed by atoms with Gasteiger partial charge in [-0.25, -0.2) is 0 Å². The Bertz CT molecular complexity index is 666. The third kappa shape index (κ3) is 38.2. The zero-order chi connectivity index (χ0) is 35.7. The van der Waals surface area contributed by atoms with Crippen LogP contribution in [0.15, 0.2) is 12.2 Å². The summed E-state index contributed by atoms with van der Waals surface area (Å²) in [4.78, 5) is 12.4. The largest absolute Gasteiger partial charge is 0.394 e. The molecule has 0 spiro atoms. The molecule has 0 bridgehead atoms. The molecule has 0 aliphatic rings. The molecule has 2 atom stereocenters. The van der Waals surface area contributed by atoms with Crippen LogP contribution in [0.2, 0.25) is 0 Å². The van der Waals surface area contributed by atoms with Gasteiger partial charge in [0.1, 0.15) is 0 Å². The number of aliphatic hydroxyl groups excluding tert-OH is 2. The minimum Gasteiger partial charge on any atom is -0.394 e. The molecule has 3 N–H and O–H groups in total. The fourth-order valence-electron chi connectivity index (χ4n) is 7.06.